The molecule has 1 aliphatic heterocycles. The lowest BCUT2D eigenvalue weighted by atomic mass is 10.1. The maximum Gasteiger partial charge on any atom is 0.143 e. The highest BCUT2D eigenvalue weighted by Crippen LogP contribution is 1.98. The summed E-state index contributed by atoms with van der Waals surface area (Å²) in [5.41, 5.74) is 0. The monoisotopic (exact) mass is 114 g/mol. The number of hydrogen-bond donors (Lipinski definition) is 1. The summed E-state index contributed by atoms with van der Waals surface area (Å²) in [4.78, 5) is 3.14. The van der Waals surface area contributed by atoms with E-state index in [4.69, 9.17) is 4.74 Å². The van der Waals surface area contributed by atoms with Gasteiger partial charge in [-0.05, 0) is 0 Å². The van der Waals surface area contributed by atoms with Gasteiger partial charge in [0.25, 0.3) is 0 Å². The number of rotatable bonds is 1. The SMILES string of the molecule is CO[C@H]1CC=[NH+]CC1. The highest BCUT2D eigenvalue weighted by Gasteiger charge is 2.10. The Morgan fingerprint density at radius 2 is 2.62 bits per heavy atom. The second-order valence-corrected chi connectivity index (χ2v) is 2.04. The predicted molar refractivity (Wildman–Crippen MR) is 31.9 cm³/mol. The Morgan fingerprint density at radius 1 is 1.75 bits per heavy atom. The Kier molecular flexibility index (Phi) is 2.03. The van der Waals surface area contributed by atoms with Crippen LogP contribution in [0, 0.1) is 0 Å². The van der Waals surface area contributed by atoms with E-state index in [0.717, 1.165) is 19.4 Å². The van der Waals surface area contributed by atoms with Crippen molar-refractivity contribution in [1.82, 2.24) is 0 Å². The topological polar surface area (TPSA) is 23.2 Å². The molecule has 46 valence electrons. The summed E-state index contributed by atoms with van der Waals surface area (Å²) in [7, 11) is 1.77. The van der Waals surface area contributed by atoms with Crippen LogP contribution in [0.4, 0.5) is 0 Å². The molecule has 2 nitrogen and oxygen atoms in total. The smallest absolute Gasteiger partial charge is 0.143 e. The molecule has 0 bridgehead atoms. The number of ether oxygens (including phenoxy) is 1. The lowest BCUT2D eigenvalue weighted by Gasteiger charge is -2.10. The van der Waals surface area contributed by atoms with Crippen molar-refractivity contribution in [2.45, 2.75) is 18.9 Å². The number of hydrogen-bond acceptors (Lipinski definition) is 1. The lowest BCUT2D eigenvalue weighted by Crippen LogP contribution is -2.71. The van der Waals surface area contributed by atoms with Crippen LogP contribution in [0.15, 0.2) is 0 Å². The molecular formula is C6H12NO+. The van der Waals surface area contributed by atoms with E-state index < -0.39 is 0 Å². The summed E-state index contributed by atoms with van der Waals surface area (Å²) in [5.74, 6) is 0. The van der Waals surface area contributed by atoms with Gasteiger partial charge < -0.3 is 4.74 Å². The highest BCUT2D eigenvalue weighted by atomic mass is 16.5. The van der Waals surface area contributed by atoms with Gasteiger partial charge in [-0.3, -0.25) is 4.99 Å². The van der Waals surface area contributed by atoms with Crippen LogP contribution in [0.25, 0.3) is 0 Å². The van der Waals surface area contributed by atoms with Gasteiger partial charge in [0.1, 0.15) is 12.8 Å². The summed E-state index contributed by atoms with van der Waals surface area (Å²) in [5, 5.41) is 0. The Balaban J connectivity index is 2.27. The first kappa shape index (κ1) is 5.76. The van der Waals surface area contributed by atoms with Crippen LogP contribution >= 0.6 is 0 Å². The van der Waals surface area contributed by atoms with Crippen molar-refractivity contribution >= 4 is 6.21 Å². The number of nitrogens with one attached hydrogen (secondary N) is 1. The normalized spacial score (nSPS) is 28.4. The fourth-order valence-electron chi connectivity index (χ4n) is 0.893. The average Bonchev–Trinajstić information content (AvgIpc) is 1.90. The van der Waals surface area contributed by atoms with Crippen LogP contribution in [-0.2, 0) is 4.74 Å². The molecule has 1 N–H and O–H groups in total. The lowest BCUT2D eigenvalue weighted by molar-refractivity contribution is -0.461. The molecule has 1 atom stereocenters. The van der Waals surface area contributed by atoms with E-state index in [1.54, 1.807) is 7.11 Å². The zero-order chi connectivity index (χ0) is 5.82. The molecule has 0 spiro atoms. The fraction of sp³-hybridized carbons (Fsp3) is 0.833. The van der Waals surface area contributed by atoms with Crippen molar-refractivity contribution in [3.05, 3.63) is 0 Å². The molecule has 0 amide bonds. The summed E-state index contributed by atoms with van der Waals surface area (Å²) >= 11 is 0. The van der Waals surface area contributed by atoms with Gasteiger partial charge in [0.15, 0.2) is 0 Å². The maximum absolute atomic E-state index is 5.12. The molecule has 0 aromatic carbocycles. The molecule has 0 radical (unpaired) electrons. The van der Waals surface area contributed by atoms with E-state index >= 15 is 0 Å². The Hall–Kier alpha value is -0.370. The van der Waals surface area contributed by atoms with Crippen LogP contribution in [0.2, 0.25) is 0 Å². The van der Waals surface area contributed by atoms with Crippen molar-refractivity contribution in [2.24, 2.45) is 0 Å². The number of methoxy groups -OCH3 is 1. The molecule has 0 aliphatic carbocycles. The van der Waals surface area contributed by atoms with E-state index in [2.05, 4.69) is 11.2 Å². The first-order chi connectivity index (χ1) is 3.93. The minimum Gasteiger partial charge on any atom is -0.381 e. The van der Waals surface area contributed by atoms with E-state index in [9.17, 15) is 0 Å². The summed E-state index contributed by atoms with van der Waals surface area (Å²) in [6.45, 7) is 1.07. The molecule has 1 rings (SSSR count). The molecular weight excluding hydrogens is 102 g/mol. The summed E-state index contributed by atoms with van der Waals surface area (Å²) in [6.07, 6.45) is 4.73. The van der Waals surface area contributed by atoms with Crippen LogP contribution in [0.3, 0.4) is 0 Å². The zero-order valence-electron chi connectivity index (χ0n) is 5.18. The first-order valence-corrected chi connectivity index (χ1v) is 3.01. The van der Waals surface area contributed by atoms with Gasteiger partial charge >= 0.3 is 0 Å². The minimum atomic E-state index is 0.469. The Morgan fingerprint density at radius 3 is 3.00 bits per heavy atom. The molecule has 8 heavy (non-hydrogen) atoms. The quantitative estimate of drug-likeness (QED) is 0.462. The summed E-state index contributed by atoms with van der Waals surface area (Å²) < 4.78 is 5.12. The van der Waals surface area contributed by atoms with Gasteiger partial charge in [-0.2, -0.15) is 0 Å². The minimum absolute atomic E-state index is 0.469. The third-order valence-corrected chi connectivity index (χ3v) is 1.47. The fourth-order valence-corrected chi connectivity index (χ4v) is 0.893. The van der Waals surface area contributed by atoms with Crippen molar-refractivity contribution in [2.75, 3.05) is 13.7 Å². The Labute approximate surface area is 49.6 Å². The van der Waals surface area contributed by atoms with Crippen LogP contribution < -0.4 is 4.99 Å². The summed E-state index contributed by atoms with van der Waals surface area (Å²) in [6, 6.07) is 0. The Bertz CT molecular complexity index is 90.5. The molecule has 0 saturated carbocycles. The van der Waals surface area contributed by atoms with Crippen LogP contribution in [-0.4, -0.2) is 26.0 Å². The van der Waals surface area contributed by atoms with Crippen molar-refractivity contribution in [3.8, 4) is 0 Å². The van der Waals surface area contributed by atoms with E-state index in [1.807, 2.05) is 0 Å². The van der Waals surface area contributed by atoms with Gasteiger partial charge in [-0.15, -0.1) is 0 Å². The molecule has 0 aromatic heterocycles. The van der Waals surface area contributed by atoms with Gasteiger partial charge in [-0.1, -0.05) is 0 Å². The largest absolute Gasteiger partial charge is 0.381 e. The van der Waals surface area contributed by atoms with Crippen molar-refractivity contribution in [3.63, 3.8) is 0 Å². The molecule has 1 heterocycles. The second-order valence-electron chi connectivity index (χ2n) is 2.04. The van der Waals surface area contributed by atoms with E-state index in [-0.39, 0.29) is 0 Å². The molecule has 2 heteroatoms. The zero-order valence-corrected chi connectivity index (χ0v) is 5.18. The molecule has 0 fully saturated rings. The molecule has 0 saturated heterocycles. The van der Waals surface area contributed by atoms with Crippen molar-refractivity contribution < 1.29 is 9.73 Å². The van der Waals surface area contributed by atoms with Gasteiger partial charge in [0.05, 0.1) is 12.5 Å². The predicted octanol–water partition coefficient (Wildman–Crippen LogP) is -1.05. The standard InChI is InChI=1S/C6H11NO/c1-8-6-2-4-7-5-3-6/h4,6H,2-3,5H2,1H3/p+1/t6-/m0/s1. The molecule has 1 aliphatic rings. The van der Waals surface area contributed by atoms with E-state index in [1.165, 1.54) is 0 Å². The van der Waals surface area contributed by atoms with Gasteiger partial charge in [0, 0.05) is 13.5 Å². The molecule has 0 aromatic rings. The van der Waals surface area contributed by atoms with Crippen LogP contribution in [0.5, 0.6) is 0 Å². The highest BCUT2D eigenvalue weighted by molar-refractivity contribution is 5.51. The third kappa shape index (κ3) is 1.30. The first-order valence-electron chi connectivity index (χ1n) is 3.01. The van der Waals surface area contributed by atoms with Gasteiger partial charge in [0.2, 0.25) is 0 Å². The van der Waals surface area contributed by atoms with Gasteiger partial charge in [-0.25, -0.2) is 0 Å². The van der Waals surface area contributed by atoms with E-state index in [0.29, 0.717) is 6.10 Å². The molecule has 0 unspecified atom stereocenters. The van der Waals surface area contributed by atoms with Crippen LogP contribution in [0.1, 0.15) is 12.8 Å². The van der Waals surface area contributed by atoms with Crippen molar-refractivity contribution in [1.29, 1.82) is 0 Å². The maximum atomic E-state index is 5.12. The third-order valence-electron chi connectivity index (χ3n) is 1.47. The average molecular weight is 114 g/mol. The second kappa shape index (κ2) is 2.82.